The third-order valence-electron chi connectivity index (χ3n) is 4.76. The molecule has 2 fully saturated rings. The summed E-state index contributed by atoms with van der Waals surface area (Å²) in [4.78, 5) is 29.0. The van der Waals surface area contributed by atoms with Crippen molar-refractivity contribution < 1.29 is 14.7 Å². The number of amides is 1. The molecule has 2 heterocycles. The molecule has 3 N–H and O–H groups in total. The normalized spacial score (nSPS) is 24.0. The van der Waals surface area contributed by atoms with Gasteiger partial charge in [0, 0.05) is 29.6 Å². The van der Waals surface area contributed by atoms with E-state index < -0.39 is 5.97 Å². The first-order valence-corrected chi connectivity index (χ1v) is 9.66. The zero-order valence-corrected chi connectivity index (χ0v) is 14.7. The van der Waals surface area contributed by atoms with Crippen molar-refractivity contribution in [2.45, 2.75) is 48.5 Å². The smallest absolute Gasteiger partial charge is 0.355 e. The Bertz CT molecular complexity index is 613. The predicted octanol–water partition coefficient (Wildman–Crippen LogP) is 2.05. The van der Waals surface area contributed by atoms with Crippen LogP contribution in [0.4, 0.5) is 0 Å². The van der Waals surface area contributed by atoms with Crippen molar-refractivity contribution >= 4 is 35.0 Å². The van der Waals surface area contributed by atoms with Gasteiger partial charge in [0.05, 0.1) is 6.04 Å². The first-order valence-electron chi connectivity index (χ1n) is 7.79. The number of aromatic carboxylic acids is 1. The van der Waals surface area contributed by atoms with Crippen LogP contribution < -0.4 is 5.73 Å². The van der Waals surface area contributed by atoms with E-state index in [-0.39, 0.29) is 23.2 Å². The summed E-state index contributed by atoms with van der Waals surface area (Å²) in [6.07, 6.45) is 3.75. The van der Waals surface area contributed by atoms with E-state index in [2.05, 4.69) is 11.9 Å². The van der Waals surface area contributed by atoms with Gasteiger partial charge < -0.3 is 15.7 Å². The molecule has 3 rings (SSSR count). The van der Waals surface area contributed by atoms with Crippen molar-refractivity contribution in [3.63, 3.8) is 0 Å². The fourth-order valence-corrected chi connectivity index (χ4v) is 5.10. The molecular formula is C15H21N3O3S2. The minimum Gasteiger partial charge on any atom is -0.476 e. The van der Waals surface area contributed by atoms with Crippen LogP contribution in [0.1, 0.15) is 43.1 Å². The SMILES string of the molecule is CC(N)(C1CC1)[C@H]1CCC(=O)N1CCSc1nc(C(=O)O)cs1. The van der Waals surface area contributed by atoms with E-state index in [0.717, 1.165) is 23.6 Å². The average molecular weight is 355 g/mol. The van der Waals surface area contributed by atoms with Gasteiger partial charge in [-0.3, -0.25) is 4.79 Å². The van der Waals surface area contributed by atoms with Gasteiger partial charge in [-0.25, -0.2) is 9.78 Å². The number of thioether (sulfide) groups is 1. The Morgan fingerprint density at radius 3 is 2.91 bits per heavy atom. The summed E-state index contributed by atoms with van der Waals surface area (Å²) in [6.45, 7) is 2.71. The largest absolute Gasteiger partial charge is 0.476 e. The Balaban J connectivity index is 1.57. The van der Waals surface area contributed by atoms with E-state index in [9.17, 15) is 9.59 Å². The molecule has 1 aliphatic heterocycles. The van der Waals surface area contributed by atoms with Crippen LogP contribution in [0.15, 0.2) is 9.72 Å². The molecule has 1 saturated carbocycles. The molecule has 126 valence electrons. The first-order chi connectivity index (χ1) is 10.9. The maximum atomic E-state index is 12.2. The number of nitrogens with zero attached hydrogens (tertiary/aromatic N) is 2. The highest BCUT2D eigenvalue weighted by Crippen LogP contribution is 2.43. The topological polar surface area (TPSA) is 96.5 Å². The minimum atomic E-state index is -1.01. The molecule has 23 heavy (non-hydrogen) atoms. The monoisotopic (exact) mass is 355 g/mol. The zero-order valence-electron chi connectivity index (χ0n) is 13.0. The fraction of sp³-hybridized carbons (Fsp3) is 0.667. The second kappa shape index (κ2) is 6.41. The molecule has 0 radical (unpaired) electrons. The maximum Gasteiger partial charge on any atom is 0.355 e. The Hall–Kier alpha value is -1.12. The highest BCUT2D eigenvalue weighted by Gasteiger charge is 2.49. The number of carbonyl (C=O) groups is 2. The lowest BCUT2D eigenvalue weighted by molar-refractivity contribution is -0.129. The van der Waals surface area contributed by atoms with Crippen LogP contribution in [0.2, 0.25) is 0 Å². The summed E-state index contributed by atoms with van der Waals surface area (Å²) in [5, 5.41) is 10.4. The second-order valence-corrected chi connectivity index (χ2v) is 8.63. The van der Waals surface area contributed by atoms with Gasteiger partial charge >= 0.3 is 5.97 Å². The summed E-state index contributed by atoms with van der Waals surface area (Å²) in [5.41, 5.74) is 6.31. The standard InChI is InChI=1S/C15H21N3O3S2/c1-15(16,9-2-3-9)11-4-5-12(19)18(11)6-7-22-14-17-10(8-23-14)13(20)21/h8-9,11H,2-7,16H2,1H3,(H,20,21)/t11-,15?/m1/s1. The minimum absolute atomic E-state index is 0.0795. The van der Waals surface area contributed by atoms with Crippen LogP contribution in [0.25, 0.3) is 0 Å². The Kier molecular flexibility index (Phi) is 4.66. The molecule has 0 bridgehead atoms. The van der Waals surface area contributed by atoms with Crippen molar-refractivity contribution in [2.24, 2.45) is 11.7 Å². The molecule has 0 aromatic carbocycles. The van der Waals surface area contributed by atoms with E-state index in [0.29, 0.717) is 24.6 Å². The number of likely N-dealkylation sites (tertiary alicyclic amines) is 1. The summed E-state index contributed by atoms with van der Waals surface area (Å²) in [7, 11) is 0. The molecule has 2 aliphatic rings. The third-order valence-corrected chi connectivity index (χ3v) is 6.76. The molecule has 1 saturated heterocycles. The van der Waals surface area contributed by atoms with Gasteiger partial charge in [0.15, 0.2) is 10.0 Å². The zero-order chi connectivity index (χ0) is 16.6. The van der Waals surface area contributed by atoms with Crippen LogP contribution in [0.3, 0.4) is 0 Å². The highest BCUT2D eigenvalue weighted by molar-refractivity contribution is 8.01. The van der Waals surface area contributed by atoms with E-state index in [1.807, 2.05) is 4.90 Å². The van der Waals surface area contributed by atoms with E-state index >= 15 is 0 Å². The average Bonchev–Trinajstić information content (AvgIpc) is 3.15. The summed E-state index contributed by atoms with van der Waals surface area (Å²) >= 11 is 2.82. The van der Waals surface area contributed by atoms with Crippen LogP contribution >= 0.6 is 23.1 Å². The van der Waals surface area contributed by atoms with Crippen molar-refractivity contribution in [1.82, 2.24) is 9.88 Å². The molecule has 2 atom stereocenters. The fourth-order valence-electron chi connectivity index (χ4n) is 3.29. The Morgan fingerprint density at radius 1 is 1.57 bits per heavy atom. The van der Waals surface area contributed by atoms with Crippen LogP contribution in [-0.4, -0.2) is 50.7 Å². The lowest BCUT2D eigenvalue weighted by Crippen LogP contribution is -2.56. The van der Waals surface area contributed by atoms with Crippen molar-refractivity contribution in [3.05, 3.63) is 11.1 Å². The van der Waals surface area contributed by atoms with Gasteiger partial charge in [-0.1, -0.05) is 11.8 Å². The van der Waals surface area contributed by atoms with E-state index in [1.165, 1.54) is 23.1 Å². The molecule has 1 aliphatic carbocycles. The molecule has 8 heteroatoms. The van der Waals surface area contributed by atoms with Gasteiger partial charge in [0.25, 0.3) is 0 Å². The summed E-state index contributed by atoms with van der Waals surface area (Å²) < 4.78 is 0.725. The van der Waals surface area contributed by atoms with Crippen LogP contribution in [-0.2, 0) is 4.79 Å². The van der Waals surface area contributed by atoms with Gasteiger partial charge in [0.1, 0.15) is 0 Å². The van der Waals surface area contributed by atoms with Crippen LogP contribution in [0.5, 0.6) is 0 Å². The number of rotatable bonds is 7. The number of thiazole rings is 1. The van der Waals surface area contributed by atoms with Crippen LogP contribution in [0, 0.1) is 5.92 Å². The van der Waals surface area contributed by atoms with E-state index in [4.69, 9.17) is 10.8 Å². The highest BCUT2D eigenvalue weighted by atomic mass is 32.2. The number of hydrogen-bond donors (Lipinski definition) is 2. The molecule has 1 unspecified atom stereocenters. The number of carboxylic acid groups (broad SMARTS) is 1. The number of hydrogen-bond acceptors (Lipinski definition) is 6. The second-order valence-electron chi connectivity index (χ2n) is 6.43. The molecule has 1 amide bonds. The lowest BCUT2D eigenvalue weighted by Gasteiger charge is -2.38. The molecule has 1 aromatic heterocycles. The van der Waals surface area contributed by atoms with Crippen molar-refractivity contribution in [2.75, 3.05) is 12.3 Å². The third kappa shape index (κ3) is 3.54. The van der Waals surface area contributed by atoms with Crippen molar-refractivity contribution in [3.8, 4) is 0 Å². The van der Waals surface area contributed by atoms with Gasteiger partial charge in [0.2, 0.25) is 5.91 Å². The Labute approximate surface area is 143 Å². The summed E-state index contributed by atoms with van der Waals surface area (Å²) in [5.74, 6) is 0.408. The van der Waals surface area contributed by atoms with Gasteiger partial charge in [-0.2, -0.15) is 0 Å². The number of carboxylic acids is 1. The van der Waals surface area contributed by atoms with E-state index in [1.54, 1.807) is 5.38 Å². The molecule has 0 spiro atoms. The number of nitrogens with two attached hydrogens (primary N) is 1. The lowest BCUT2D eigenvalue weighted by atomic mass is 9.86. The number of carbonyl (C=O) groups excluding carboxylic acids is 1. The molecular weight excluding hydrogens is 334 g/mol. The van der Waals surface area contributed by atoms with Gasteiger partial charge in [-0.15, -0.1) is 11.3 Å². The quantitative estimate of drug-likeness (QED) is 0.727. The Morgan fingerprint density at radius 2 is 2.30 bits per heavy atom. The molecule has 6 nitrogen and oxygen atoms in total. The summed E-state index contributed by atoms with van der Waals surface area (Å²) in [6, 6.07) is 0.119. The molecule has 1 aromatic rings. The van der Waals surface area contributed by atoms with Crippen molar-refractivity contribution in [1.29, 1.82) is 0 Å². The number of aromatic nitrogens is 1. The maximum absolute atomic E-state index is 12.2. The first kappa shape index (κ1) is 16.7. The predicted molar refractivity (Wildman–Crippen MR) is 89.8 cm³/mol. The van der Waals surface area contributed by atoms with Gasteiger partial charge in [-0.05, 0) is 32.1 Å².